The molecule has 25 heavy (non-hydrogen) atoms. The third kappa shape index (κ3) is 12.4. The monoisotopic (exact) mass is 470 g/mol. The van der Waals surface area contributed by atoms with Crippen LogP contribution in [-0.2, 0) is 9.53 Å². The summed E-state index contributed by atoms with van der Waals surface area (Å²) in [6, 6.07) is 0. The first-order chi connectivity index (χ1) is 11.5. The molecule has 0 heterocycles. The SMILES string of the molecule is CCNC(=NCCC(OCC)C(C)C)NCCC(=O)N(CC)CC.I. The zero-order valence-electron chi connectivity index (χ0n) is 16.9. The molecule has 0 spiro atoms. The number of amides is 1. The van der Waals surface area contributed by atoms with Crippen molar-refractivity contribution in [1.29, 1.82) is 0 Å². The van der Waals surface area contributed by atoms with Gasteiger partial charge in [-0.2, -0.15) is 0 Å². The lowest BCUT2D eigenvalue weighted by Crippen LogP contribution is -2.40. The Morgan fingerprint density at radius 3 is 2.24 bits per heavy atom. The first-order valence-corrected chi connectivity index (χ1v) is 9.41. The molecule has 0 aromatic heterocycles. The first kappa shape index (κ1) is 26.7. The van der Waals surface area contributed by atoms with Gasteiger partial charge >= 0.3 is 0 Å². The molecule has 0 aliphatic heterocycles. The Bertz CT molecular complexity index is 361. The second-order valence-corrected chi connectivity index (χ2v) is 6.03. The molecule has 1 unspecified atom stereocenters. The van der Waals surface area contributed by atoms with Crippen molar-refractivity contribution >= 4 is 35.8 Å². The molecule has 0 saturated carbocycles. The van der Waals surface area contributed by atoms with Crippen LogP contribution < -0.4 is 10.6 Å². The molecule has 0 bridgehead atoms. The van der Waals surface area contributed by atoms with E-state index < -0.39 is 0 Å². The van der Waals surface area contributed by atoms with E-state index in [4.69, 9.17) is 4.74 Å². The van der Waals surface area contributed by atoms with E-state index in [2.05, 4.69) is 29.5 Å². The number of ether oxygens (including phenoxy) is 1. The predicted molar refractivity (Wildman–Crippen MR) is 117 cm³/mol. The average Bonchev–Trinajstić information content (AvgIpc) is 2.55. The van der Waals surface area contributed by atoms with Gasteiger partial charge in [0.25, 0.3) is 0 Å². The minimum Gasteiger partial charge on any atom is -0.378 e. The smallest absolute Gasteiger partial charge is 0.224 e. The number of aliphatic imine (C=N–C) groups is 1. The van der Waals surface area contributed by atoms with Gasteiger partial charge in [-0.25, -0.2) is 0 Å². The van der Waals surface area contributed by atoms with E-state index in [1.54, 1.807) is 0 Å². The first-order valence-electron chi connectivity index (χ1n) is 9.41. The highest BCUT2D eigenvalue weighted by molar-refractivity contribution is 14.0. The standard InChI is InChI=1S/C18H38N4O2.HI/c1-7-19-18(20-13-11-16(15(5)6)24-10-4)21-14-12-17(23)22(8-2)9-3;/h15-16H,7-14H2,1-6H3,(H2,19,20,21);1H. The van der Waals surface area contributed by atoms with Crippen molar-refractivity contribution < 1.29 is 9.53 Å². The lowest BCUT2D eigenvalue weighted by molar-refractivity contribution is -0.130. The second-order valence-electron chi connectivity index (χ2n) is 6.03. The highest BCUT2D eigenvalue weighted by Gasteiger charge is 2.13. The normalized spacial score (nSPS) is 12.5. The van der Waals surface area contributed by atoms with Crippen LogP contribution in [0.2, 0.25) is 0 Å². The number of nitrogens with one attached hydrogen (secondary N) is 2. The van der Waals surface area contributed by atoms with E-state index in [0.29, 0.717) is 25.4 Å². The van der Waals surface area contributed by atoms with E-state index in [-0.39, 0.29) is 36.0 Å². The van der Waals surface area contributed by atoms with Crippen LogP contribution in [-0.4, -0.2) is 62.2 Å². The molecule has 0 radical (unpaired) electrons. The van der Waals surface area contributed by atoms with E-state index in [0.717, 1.165) is 38.6 Å². The van der Waals surface area contributed by atoms with Crippen molar-refractivity contribution in [3.63, 3.8) is 0 Å². The summed E-state index contributed by atoms with van der Waals surface area (Å²) in [4.78, 5) is 18.4. The van der Waals surface area contributed by atoms with Gasteiger partial charge in [-0.3, -0.25) is 9.79 Å². The van der Waals surface area contributed by atoms with Gasteiger partial charge in [-0.05, 0) is 40.0 Å². The van der Waals surface area contributed by atoms with E-state index in [9.17, 15) is 4.79 Å². The highest BCUT2D eigenvalue weighted by Crippen LogP contribution is 2.10. The third-order valence-electron chi connectivity index (χ3n) is 3.90. The molecule has 150 valence electrons. The molecule has 0 aromatic rings. The largest absolute Gasteiger partial charge is 0.378 e. The van der Waals surface area contributed by atoms with Crippen LogP contribution >= 0.6 is 24.0 Å². The Kier molecular flexibility index (Phi) is 18.0. The van der Waals surface area contributed by atoms with Crippen LogP contribution in [0.1, 0.15) is 54.4 Å². The maximum atomic E-state index is 12.0. The number of hydrogen-bond acceptors (Lipinski definition) is 3. The lowest BCUT2D eigenvalue weighted by atomic mass is 10.0. The number of carbonyl (C=O) groups is 1. The third-order valence-corrected chi connectivity index (χ3v) is 3.90. The summed E-state index contributed by atoms with van der Waals surface area (Å²) < 4.78 is 5.75. The maximum absolute atomic E-state index is 12.0. The van der Waals surface area contributed by atoms with Crippen LogP contribution in [0.25, 0.3) is 0 Å². The van der Waals surface area contributed by atoms with Crippen molar-refractivity contribution in [3.05, 3.63) is 0 Å². The Labute approximate surface area is 171 Å². The Morgan fingerprint density at radius 1 is 1.12 bits per heavy atom. The summed E-state index contributed by atoms with van der Waals surface area (Å²) in [7, 11) is 0. The molecule has 0 aliphatic rings. The summed E-state index contributed by atoms with van der Waals surface area (Å²) in [5.74, 6) is 1.44. The minimum absolute atomic E-state index is 0. The maximum Gasteiger partial charge on any atom is 0.224 e. The molecule has 0 fully saturated rings. The molecule has 1 amide bonds. The number of nitrogens with zero attached hydrogens (tertiary/aromatic N) is 2. The summed E-state index contributed by atoms with van der Waals surface area (Å²) in [6.45, 7) is 16.8. The van der Waals surface area contributed by atoms with Gasteiger partial charge in [-0.15, -0.1) is 24.0 Å². The van der Waals surface area contributed by atoms with Crippen molar-refractivity contribution in [1.82, 2.24) is 15.5 Å². The Balaban J connectivity index is 0. The number of halogens is 1. The molecule has 2 N–H and O–H groups in total. The molecule has 6 nitrogen and oxygen atoms in total. The molecule has 7 heteroatoms. The summed E-state index contributed by atoms with van der Waals surface area (Å²) in [6.07, 6.45) is 1.63. The zero-order chi connectivity index (χ0) is 18.4. The quantitative estimate of drug-likeness (QED) is 0.262. The van der Waals surface area contributed by atoms with Crippen LogP contribution in [0, 0.1) is 5.92 Å². The van der Waals surface area contributed by atoms with Crippen molar-refractivity contribution in [2.45, 2.75) is 60.5 Å². The van der Waals surface area contributed by atoms with Crippen LogP contribution in [0.3, 0.4) is 0 Å². The van der Waals surface area contributed by atoms with Gasteiger partial charge < -0.3 is 20.3 Å². The second kappa shape index (κ2) is 16.9. The summed E-state index contributed by atoms with van der Waals surface area (Å²) >= 11 is 0. The average molecular weight is 470 g/mol. The molecule has 0 aromatic carbocycles. The van der Waals surface area contributed by atoms with Gasteiger partial charge in [0.2, 0.25) is 5.91 Å². The molecule has 0 rings (SSSR count). The van der Waals surface area contributed by atoms with Crippen LogP contribution in [0.5, 0.6) is 0 Å². The number of guanidine groups is 1. The van der Waals surface area contributed by atoms with Crippen LogP contribution in [0.4, 0.5) is 0 Å². The minimum atomic E-state index is 0. The Hall–Kier alpha value is -0.570. The fraction of sp³-hybridized carbons (Fsp3) is 0.889. The number of rotatable bonds is 12. The van der Waals surface area contributed by atoms with E-state index in [1.807, 2.05) is 32.6 Å². The molecule has 1 atom stereocenters. The predicted octanol–water partition coefficient (Wildman–Crippen LogP) is 2.87. The summed E-state index contributed by atoms with van der Waals surface area (Å²) in [5, 5.41) is 6.46. The van der Waals surface area contributed by atoms with Crippen molar-refractivity contribution in [2.24, 2.45) is 10.9 Å². The van der Waals surface area contributed by atoms with Gasteiger partial charge in [0.1, 0.15) is 0 Å². The highest BCUT2D eigenvalue weighted by atomic mass is 127. The molecular weight excluding hydrogens is 431 g/mol. The number of carbonyl (C=O) groups excluding carboxylic acids is 1. The van der Waals surface area contributed by atoms with Gasteiger partial charge in [0, 0.05) is 45.8 Å². The Morgan fingerprint density at radius 2 is 1.76 bits per heavy atom. The molecule has 0 aliphatic carbocycles. The zero-order valence-corrected chi connectivity index (χ0v) is 19.3. The number of hydrogen-bond donors (Lipinski definition) is 2. The van der Waals surface area contributed by atoms with Crippen molar-refractivity contribution in [2.75, 3.05) is 39.3 Å². The van der Waals surface area contributed by atoms with Gasteiger partial charge in [0.05, 0.1) is 6.10 Å². The van der Waals surface area contributed by atoms with E-state index >= 15 is 0 Å². The fourth-order valence-electron chi connectivity index (χ4n) is 2.49. The fourth-order valence-corrected chi connectivity index (χ4v) is 2.49. The topological polar surface area (TPSA) is 66.0 Å². The molecular formula is C18H39IN4O2. The van der Waals surface area contributed by atoms with Gasteiger partial charge in [0.15, 0.2) is 5.96 Å². The van der Waals surface area contributed by atoms with Gasteiger partial charge in [-0.1, -0.05) is 13.8 Å². The summed E-state index contributed by atoms with van der Waals surface area (Å²) in [5.41, 5.74) is 0. The lowest BCUT2D eigenvalue weighted by Gasteiger charge is -2.20. The van der Waals surface area contributed by atoms with E-state index in [1.165, 1.54) is 0 Å². The van der Waals surface area contributed by atoms with Crippen molar-refractivity contribution in [3.8, 4) is 0 Å². The van der Waals surface area contributed by atoms with Crippen LogP contribution in [0.15, 0.2) is 4.99 Å². The molecule has 0 saturated heterocycles.